The maximum Gasteiger partial charge on any atom is 0.157 e. The third kappa shape index (κ3) is 3.46. The summed E-state index contributed by atoms with van der Waals surface area (Å²) in [6.07, 6.45) is 4.93. The van der Waals surface area contributed by atoms with Crippen molar-refractivity contribution in [3.63, 3.8) is 0 Å². The molecule has 1 N–H and O–H groups in total. The summed E-state index contributed by atoms with van der Waals surface area (Å²) in [5.74, 6) is 0. The summed E-state index contributed by atoms with van der Waals surface area (Å²) in [6.45, 7) is 7.28. The molecule has 4 heteroatoms. The second kappa shape index (κ2) is 5.54. The predicted molar refractivity (Wildman–Crippen MR) is 74.4 cm³/mol. The summed E-state index contributed by atoms with van der Waals surface area (Å²) in [7, 11) is 0. The summed E-state index contributed by atoms with van der Waals surface area (Å²) >= 11 is 1.83. The number of aromatic nitrogens is 1. The average molecular weight is 249 g/mol. The largest absolute Gasteiger partial charge is 0.362 e. The van der Waals surface area contributed by atoms with Crippen LogP contribution in [0.3, 0.4) is 0 Å². The molecule has 1 aliphatic rings. The Hall–Kier alpha value is -1.03. The summed E-state index contributed by atoms with van der Waals surface area (Å²) in [5.41, 5.74) is 2.46. The molecule has 1 aromatic rings. The van der Waals surface area contributed by atoms with Gasteiger partial charge in [-0.15, -0.1) is 0 Å². The Morgan fingerprint density at radius 1 is 1.53 bits per heavy atom. The van der Waals surface area contributed by atoms with E-state index in [-0.39, 0.29) is 0 Å². The number of hydrogen-bond donors (Lipinski definition) is 1. The second-order valence-electron chi connectivity index (χ2n) is 4.63. The first-order chi connectivity index (χ1) is 8.15. The highest BCUT2D eigenvalue weighted by Gasteiger charge is 2.19. The maximum atomic E-state index is 4.64. The van der Waals surface area contributed by atoms with Crippen LogP contribution in [0.1, 0.15) is 31.4 Å². The highest BCUT2D eigenvalue weighted by Crippen LogP contribution is 2.22. The number of hydrogen-bond acceptors (Lipinski definition) is 3. The third-order valence-electron chi connectivity index (χ3n) is 2.91. The van der Waals surface area contributed by atoms with Crippen molar-refractivity contribution in [1.82, 2.24) is 10.3 Å². The normalized spacial score (nSPS) is 26.9. The summed E-state index contributed by atoms with van der Waals surface area (Å²) < 4.78 is 0. The minimum atomic E-state index is 0.528. The van der Waals surface area contributed by atoms with Gasteiger partial charge in [-0.2, -0.15) is 0 Å². The van der Waals surface area contributed by atoms with E-state index in [9.17, 15) is 0 Å². The average Bonchev–Trinajstić information content (AvgIpc) is 2.27. The quantitative estimate of drug-likeness (QED) is 0.875. The molecule has 1 saturated heterocycles. The molecule has 1 fully saturated rings. The van der Waals surface area contributed by atoms with Crippen molar-refractivity contribution in [1.29, 1.82) is 0 Å². The smallest absolute Gasteiger partial charge is 0.157 e. The van der Waals surface area contributed by atoms with Crippen LogP contribution in [0.25, 0.3) is 0 Å². The lowest BCUT2D eigenvalue weighted by atomic mass is 10.2. The van der Waals surface area contributed by atoms with Crippen LogP contribution in [0.5, 0.6) is 0 Å². The monoisotopic (exact) mass is 249 g/mol. The number of rotatable bonds is 2. The molecule has 17 heavy (non-hydrogen) atoms. The van der Waals surface area contributed by atoms with E-state index in [4.69, 9.17) is 0 Å². The highest BCUT2D eigenvalue weighted by molar-refractivity contribution is 8.14. The Kier molecular flexibility index (Phi) is 4.05. The Bertz CT molecular complexity index is 405. The summed E-state index contributed by atoms with van der Waals surface area (Å²) in [5, 5.41) is 5.15. The Morgan fingerprint density at radius 2 is 2.35 bits per heavy atom. The number of thioether (sulfide) groups is 1. The van der Waals surface area contributed by atoms with Crippen LogP contribution >= 0.6 is 11.8 Å². The lowest BCUT2D eigenvalue weighted by Gasteiger charge is -2.26. The van der Waals surface area contributed by atoms with Crippen LogP contribution in [-0.4, -0.2) is 21.4 Å². The summed E-state index contributed by atoms with van der Waals surface area (Å²) in [4.78, 5) is 8.79. The highest BCUT2D eigenvalue weighted by atomic mass is 32.2. The van der Waals surface area contributed by atoms with Gasteiger partial charge in [0.2, 0.25) is 0 Å². The molecule has 1 aliphatic heterocycles. The molecule has 92 valence electrons. The number of aryl methyl sites for hydroxylation is 1. The van der Waals surface area contributed by atoms with Gasteiger partial charge in [-0.25, -0.2) is 0 Å². The van der Waals surface area contributed by atoms with Gasteiger partial charge in [0, 0.05) is 23.7 Å². The van der Waals surface area contributed by atoms with Crippen LogP contribution in [0, 0.1) is 6.92 Å². The van der Waals surface area contributed by atoms with Gasteiger partial charge >= 0.3 is 0 Å². The van der Waals surface area contributed by atoms with Crippen LogP contribution in [0.4, 0.5) is 0 Å². The summed E-state index contributed by atoms with van der Waals surface area (Å²) in [6, 6.07) is 2.56. The van der Waals surface area contributed by atoms with Gasteiger partial charge < -0.3 is 5.32 Å². The topological polar surface area (TPSA) is 37.3 Å². The molecular formula is C13H19N3S. The van der Waals surface area contributed by atoms with E-state index in [1.165, 1.54) is 17.5 Å². The first-order valence-corrected chi connectivity index (χ1v) is 6.90. The standard InChI is InChI=1S/C13H19N3S/c1-9-4-5-14-7-12(9)8-15-13-16-10(2)6-11(3)17-13/h4-5,7,10-11H,6,8H2,1-3H3,(H,15,16). The van der Waals surface area contributed by atoms with E-state index in [2.05, 4.69) is 36.1 Å². The zero-order chi connectivity index (χ0) is 12.3. The first kappa shape index (κ1) is 12.4. The van der Waals surface area contributed by atoms with Crippen molar-refractivity contribution >= 4 is 16.9 Å². The predicted octanol–water partition coefficient (Wildman–Crippen LogP) is 2.75. The van der Waals surface area contributed by atoms with Crippen LogP contribution in [0.2, 0.25) is 0 Å². The van der Waals surface area contributed by atoms with Crippen molar-refractivity contribution in [3.8, 4) is 0 Å². The van der Waals surface area contributed by atoms with E-state index in [0.29, 0.717) is 17.8 Å². The lowest BCUT2D eigenvalue weighted by Crippen LogP contribution is -2.38. The molecule has 0 radical (unpaired) electrons. The number of nitrogens with zero attached hydrogens (tertiary/aromatic N) is 2. The van der Waals surface area contributed by atoms with E-state index in [0.717, 1.165) is 5.17 Å². The number of pyridine rings is 1. The maximum absolute atomic E-state index is 4.64. The first-order valence-electron chi connectivity index (χ1n) is 6.02. The molecule has 2 rings (SSSR count). The molecule has 0 aromatic carbocycles. The van der Waals surface area contributed by atoms with Crippen molar-refractivity contribution in [3.05, 3.63) is 29.6 Å². The van der Waals surface area contributed by atoms with Crippen LogP contribution < -0.4 is 5.32 Å². The van der Waals surface area contributed by atoms with E-state index >= 15 is 0 Å². The minimum absolute atomic E-state index is 0.528. The van der Waals surface area contributed by atoms with Gasteiger partial charge in [-0.1, -0.05) is 18.7 Å². The molecule has 3 nitrogen and oxygen atoms in total. The number of amidine groups is 1. The number of aliphatic imine (C=N–C) groups is 1. The third-order valence-corrected chi connectivity index (χ3v) is 3.97. The fraction of sp³-hybridized carbons (Fsp3) is 0.538. The van der Waals surface area contributed by atoms with Gasteiger partial charge in [0.1, 0.15) is 0 Å². The van der Waals surface area contributed by atoms with E-state index in [1.807, 2.05) is 30.2 Å². The molecule has 0 amide bonds. The molecular weight excluding hydrogens is 230 g/mol. The van der Waals surface area contributed by atoms with Gasteiger partial charge in [-0.3, -0.25) is 9.98 Å². The number of nitrogens with one attached hydrogen (secondary N) is 1. The Balaban J connectivity index is 2.03. The van der Waals surface area contributed by atoms with Crippen molar-refractivity contribution in [2.45, 2.75) is 45.0 Å². The van der Waals surface area contributed by atoms with E-state index < -0.39 is 0 Å². The fourth-order valence-corrected chi connectivity index (χ4v) is 3.12. The van der Waals surface area contributed by atoms with Crippen LogP contribution in [-0.2, 0) is 6.54 Å². The van der Waals surface area contributed by atoms with Gasteiger partial charge in [0.15, 0.2) is 5.17 Å². The second-order valence-corrected chi connectivity index (χ2v) is 6.06. The van der Waals surface area contributed by atoms with Crippen molar-refractivity contribution in [2.75, 3.05) is 0 Å². The molecule has 0 aliphatic carbocycles. The molecule has 2 unspecified atom stereocenters. The fourth-order valence-electron chi connectivity index (χ4n) is 1.94. The van der Waals surface area contributed by atoms with E-state index in [1.54, 1.807) is 0 Å². The Morgan fingerprint density at radius 3 is 3.06 bits per heavy atom. The molecule has 2 atom stereocenters. The minimum Gasteiger partial charge on any atom is -0.362 e. The molecule has 2 heterocycles. The molecule has 1 aromatic heterocycles. The SMILES string of the molecule is Cc1ccncc1CN=C1NC(C)CC(C)S1. The Labute approximate surface area is 107 Å². The molecule has 0 bridgehead atoms. The van der Waals surface area contributed by atoms with Gasteiger partial charge in [-0.05, 0) is 37.5 Å². The van der Waals surface area contributed by atoms with Gasteiger partial charge in [0.05, 0.1) is 6.54 Å². The van der Waals surface area contributed by atoms with Crippen molar-refractivity contribution in [2.24, 2.45) is 4.99 Å². The van der Waals surface area contributed by atoms with Crippen LogP contribution in [0.15, 0.2) is 23.5 Å². The lowest BCUT2D eigenvalue weighted by molar-refractivity contribution is 0.597. The van der Waals surface area contributed by atoms with Gasteiger partial charge in [0.25, 0.3) is 0 Å². The molecule has 0 spiro atoms. The zero-order valence-corrected chi connectivity index (χ0v) is 11.4. The molecule has 0 saturated carbocycles. The van der Waals surface area contributed by atoms with Crippen molar-refractivity contribution < 1.29 is 0 Å². The zero-order valence-electron chi connectivity index (χ0n) is 10.6.